The number of hydrogen-bond donors (Lipinski definition) is 3. The van der Waals surface area contributed by atoms with Gasteiger partial charge in [0.05, 0.1) is 0 Å². The third-order valence-corrected chi connectivity index (χ3v) is 4.71. The number of nitrogens with zero attached hydrogens (tertiary/aromatic N) is 1. The van der Waals surface area contributed by atoms with Crippen LogP contribution in [0, 0.1) is 0 Å². The molecule has 1 atom stereocenters. The van der Waals surface area contributed by atoms with Gasteiger partial charge in [-0.1, -0.05) is 77.4 Å². The maximum absolute atomic E-state index is 10.5. The third kappa shape index (κ3) is 42.7. The molecule has 0 saturated carbocycles. The first-order valence-electron chi connectivity index (χ1n) is 12.7. The van der Waals surface area contributed by atoms with Crippen molar-refractivity contribution >= 4 is 11.9 Å². The molecule has 0 aromatic heterocycles. The molecule has 0 aliphatic heterocycles. The lowest BCUT2D eigenvalue weighted by molar-refractivity contribution is -0.145. The summed E-state index contributed by atoms with van der Waals surface area (Å²) in [5.41, 5.74) is 5.10. The van der Waals surface area contributed by atoms with E-state index in [1.165, 1.54) is 90.5 Å². The van der Waals surface area contributed by atoms with E-state index in [0.29, 0.717) is 6.42 Å². The highest BCUT2D eigenvalue weighted by Crippen LogP contribution is 2.09. The second-order valence-electron chi connectivity index (χ2n) is 8.62. The number of carboxylic acid groups (broad SMARTS) is 1. The lowest BCUT2D eigenvalue weighted by atomic mass is 10.1. The number of amides is 1. The Morgan fingerprint density at radius 2 is 1.22 bits per heavy atom. The van der Waals surface area contributed by atoms with Crippen LogP contribution in [0.4, 0.5) is 0 Å². The maximum atomic E-state index is 10.5. The minimum absolute atomic E-state index is 0.164. The molecule has 0 aliphatic rings. The minimum atomic E-state index is -1.23. The van der Waals surface area contributed by atoms with E-state index in [1.54, 1.807) is 0 Å². The van der Waals surface area contributed by atoms with Crippen molar-refractivity contribution in [3.05, 3.63) is 12.2 Å². The summed E-state index contributed by atoms with van der Waals surface area (Å²) in [6.45, 7) is 6.85. The smallest absolute Gasteiger partial charge is 0.332 e. The number of unbranched alkanes of at least 4 members (excludes halogenated alkanes) is 11. The van der Waals surface area contributed by atoms with Crippen LogP contribution in [0.15, 0.2) is 12.2 Å². The molecule has 32 heavy (non-hydrogen) atoms. The van der Waals surface area contributed by atoms with Crippen LogP contribution in [-0.4, -0.2) is 53.7 Å². The monoisotopic (exact) mass is 458 g/mol. The van der Waals surface area contributed by atoms with Crippen LogP contribution in [0.25, 0.3) is 0 Å². The molecule has 0 bridgehead atoms. The second kappa shape index (κ2) is 29.6. The van der Waals surface area contributed by atoms with E-state index >= 15 is 0 Å². The summed E-state index contributed by atoms with van der Waals surface area (Å²) < 4.78 is 0. The van der Waals surface area contributed by atoms with Crippen molar-refractivity contribution in [2.75, 3.05) is 20.6 Å². The van der Waals surface area contributed by atoms with Crippen molar-refractivity contribution in [1.29, 1.82) is 0 Å². The van der Waals surface area contributed by atoms with Crippen molar-refractivity contribution in [2.24, 2.45) is 5.73 Å². The molecule has 0 radical (unpaired) electrons. The topological polar surface area (TPSA) is 104 Å². The first-order chi connectivity index (χ1) is 15.2. The van der Waals surface area contributed by atoms with Crippen molar-refractivity contribution in [1.82, 2.24) is 4.90 Å². The molecule has 0 aliphatic carbocycles. The fourth-order valence-electron chi connectivity index (χ4n) is 2.82. The molecule has 0 fully saturated rings. The van der Waals surface area contributed by atoms with E-state index in [9.17, 15) is 9.59 Å². The van der Waals surface area contributed by atoms with Gasteiger partial charge in [0.25, 0.3) is 0 Å². The number of aliphatic hydroxyl groups is 1. The summed E-state index contributed by atoms with van der Waals surface area (Å²) in [5, 5.41) is 15.8. The molecule has 6 nitrogen and oxygen atoms in total. The van der Waals surface area contributed by atoms with Crippen LogP contribution in [0.1, 0.15) is 117 Å². The Kier molecular flexibility index (Phi) is 32.6. The minimum Gasteiger partial charge on any atom is -0.479 e. The highest BCUT2D eigenvalue weighted by Gasteiger charge is 2.01. The number of carbonyl (C=O) groups excluding carboxylic acids is 1. The normalized spacial score (nSPS) is 11.5. The molecule has 6 heteroatoms. The van der Waals surface area contributed by atoms with E-state index in [4.69, 9.17) is 15.9 Å². The van der Waals surface area contributed by atoms with Gasteiger partial charge < -0.3 is 20.8 Å². The molecule has 0 heterocycles. The molecular weight excluding hydrogens is 404 g/mol. The summed E-state index contributed by atoms with van der Waals surface area (Å²) in [6.07, 6.45) is 21.9. The lowest BCUT2D eigenvalue weighted by Crippen LogP contribution is -2.13. The predicted octanol–water partition coefficient (Wildman–Crippen LogP) is 5.92. The van der Waals surface area contributed by atoms with Crippen LogP contribution in [0.3, 0.4) is 0 Å². The quantitative estimate of drug-likeness (QED) is 0.175. The van der Waals surface area contributed by atoms with Gasteiger partial charge in [0.15, 0.2) is 0 Å². The number of carbonyl (C=O) groups is 2. The first kappa shape index (κ1) is 35.2. The molecule has 0 rings (SSSR count). The molecule has 1 amide bonds. The Hall–Kier alpha value is -1.40. The largest absolute Gasteiger partial charge is 0.479 e. The van der Waals surface area contributed by atoms with Crippen LogP contribution >= 0.6 is 0 Å². The average Bonchev–Trinajstić information content (AvgIpc) is 2.71. The fourth-order valence-corrected chi connectivity index (χ4v) is 2.82. The molecule has 4 N–H and O–H groups in total. The van der Waals surface area contributed by atoms with Crippen molar-refractivity contribution < 1.29 is 19.8 Å². The number of nitrogens with two attached hydrogens (primary N) is 1. The number of hydrogen-bond acceptors (Lipinski definition) is 4. The van der Waals surface area contributed by atoms with Crippen molar-refractivity contribution in [3.8, 4) is 0 Å². The van der Waals surface area contributed by atoms with Gasteiger partial charge in [0.1, 0.15) is 6.10 Å². The number of allylic oxidation sites excluding steroid dienone is 2. The van der Waals surface area contributed by atoms with Gasteiger partial charge in [0.2, 0.25) is 5.91 Å². The highest BCUT2D eigenvalue weighted by atomic mass is 16.4. The SMILES string of the molecule is CC(O)C(=O)O.CCCCCCCC/C=C\CCCCCCCC(N)=O.CCCN(C)C. The Labute approximate surface area is 198 Å². The van der Waals surface area contributed by atoms with Gasteiger partial charge in [0, 0.05) is 6.42 Å². The van der Waals surface area contributed by atoms with Gasteiger partial charge in [-0.25, -0.2) is 4.79 Å². The predicted molar refractivity (Wildman–Crippen MR) is 137 cm³/mol. The highest BCUT2D eigenvalue weighted by molar-refractivity contribution is 5.73. The molecule has 0 aromatic carbocycles. The van der Waals surface area contributed by atoms with Gasteiger partial charge in [-0.05, 0) is 66.1 Å². The zero-order chi connectivity index (χ0) is 25.0. The summed E-state index contributed by atoms with van der Waals surface area (Å²) in [4.78, 5) is 22.2. The van der Waals surface area contributed by atoms with Gasteiger partial charge in [-0.15, -0.1) is 0 Å². The van der Waals surface area contributed by atoms with Crippen LogP contribution in [-0.2, 0) is 9.59 Å². The number of aliphatic hydroxyl groups excluding tert-OH is 1. The summed E-state index contributed by atoms with van der Waals surface area (Å²) >= 11 is 0. The number of primary amides is 1. The third-order valence-electron chi connectivity index (χ3n) is 4.71. The molecular formula is C26H54N2O4. The Morgan fingerprint density at radius 3 is 1.53 bits per heavy atom. The van der Waals surface area contributed by atoms with Crippen molar-refractivity contribution in [3.63, 3.8) is 0 Å². The van der Waals surface area contributed by atoms with E-state index in [-0.39, 0.29) is 5.91 Å². The molecule has 1 unspecified atom stereocenters. The van der Waals surface area contributed by atoms with E-state index in [1.807, 2.05) is 0 Å². The maximum Gasteiger partial charge on any atom is 0.332 e. The first-order valence-corrected chi connectivity index (χ1v) is 12.7. The summed E-state index contributed by atoms with van der Waals surface area (Å²) in [6, 6.07) is 0. The molecule has 0 spiro atoms. The number of rotatable bonds is 18. The fraction of sp³-hybridized carbons (Fsp3) is 0.846. The zero-order valence-electron chi connectivity index (χ0n) is 21.8. The number of aliphatic carboxylic acids is 1. The van der Waals surface area contributed by atoms with E-state index in [2.05, 4.69) is 45.0 Å². The summed E-state index contributed by atoms with van der Waals surface area (Å²) in [5.74, 6) is -1.35. The standard InChI is InChI=1S/C18H35NO.C5H13N.C3H6O3/c1-2-3-4-5-6-7-8-9-10-11-12-13-14-15-16-17-18(19)20;1-4-5-6(2)3;1-2(4)3(5)6/h9-10H,2-8,11-17H2,1H3,(H2,19,20);4-5H2,1-3H3;2,4H,1H3,(H,5,6)/b10-9-;;. The van der Waals surface area contributed by atoms with Crippen LogP contribution in [0.5, 0.6) is 0 Å². The van der Waals surface area contributed by atoms with E-state index in [0.717, 1.165) is 12.8 Å². The van der Waals surface area contributed by atoms with Gasteiger partial charge in [-0.2, -0.15) is 0 Å². The van der Waals surface area contributed by atoms with Gasteiger partial charge >= 0.3 is 5.97 Å². The Morgan fingerprint density at radius 1 is 0.812 bits per heavy atom. The van der Waals surface area contributed by atoms with Crippen LogP contribution in [0.2, 0.25) is 0 Å². The number of carboxylic acids is 1. The molecule has 0 aromatic rings. The average molecular weight is 459 g/mol. The van der Waals surface area contributed by atoms with Crippen LogP contribution < -0.4 is 5.73 Å². The Balaban J connectivity index is -0.000000571. The van der Waals surface area contributed by atoms with E-state index < -0.39 is 12.1 Å². The molecule has 192 valence electrons. The summed E-state index contributed by atoms with van der Waals surface area (Å²) in [7, 11) is 4.17. The van der Waals surface area contributed by atoms with Gasteiger partial charge in [-0.3, -0.25) is 4.79 Å². The molecule has 0 saturated heterocycles. The second-order valence-corrected chi connectivity index (χ2v) is 8.62. The Bertz CT molecular complexity index is 424. The van der Waals surface area contributed by atoms with Crippen molar-refractivity contribution in [2.45, 2.75) is 123 Å². The zero-order valence-corrected chi connectivity index (χ0v) is 21.8. The lowest BCUT2D eigenvalue weighted by Gasteiger charge is -2.03.